The number of rotatable bonds is 6. The van der Waals surface area contributed by atoms with Gasteiger partial charge >= 0.3 is 0 Å². The van der Waals surface area contributed by atoms with Gasteiger partial charge in [-0.15, -0.1) is 0 Å². The third-order valence-corrected chi connectivity index (χ3v) is 5.86. The van der Waals surface area contributed by atoms with Crippen LogP contribution in [0.2, 0.25) is 0 Å². The SMILES string of the molecule is COc1ccc(S(=O)(=O)N[C@H]2CCOC2)cc1C(=O)Nc1cccc(C#N)c1F. The van der Waals surface area contributed by atoms with E-state index in [1.807, 2.05) is 0 Å². The standard InChI is InChI=1S/C19H18FN3O5S/c1-27-17-6-5-14(29(25,26)23-13-7-8-28-11-13)9-15(17)19(24)22-16-4-2-3-12(10-21)18(16)20/h2-6,9,13,23H,7-8,11H2,1H3,(H,22,24)/t13-/m0/s1. The summed E-state index contributed by atoms with van der Waals surface area (Å²) in [6.45, 7) is 0.744. The Bertz CT molecular complexity index is 1080. The number of hydrogen-bond donors (Lipinski definition) is 2. The Labute approximate surface area is 167 Å². The lowest BCUT2D eigenvalue weighted by atomic mass is 10.1. The fraction of sp³-hybridized carbons (Fsp3) is 0.263. The van der Waals surface area contributed by atoms with Gasteiger partial charge in [0.05, 0.1) is 35.4 Å². The number of nitriles is 1. The lowest BCUT2D eigenvalue weighted by Crippen LogP contribution is -2.35. The van der Waals surface area contributed by atoms with E-state index in [2.05, 4.69) is 10.0 Å². The second-order valence-corrected chi connectivity index (χ2v) is 7.99. The largest absolute Gasteiger partial charge is 0.496 e. The van der Waals surface area contributed by atoms with Crippen LogP contribution in [0.15, 0.2) is 41.3 Å². The predicted octanol–water partition coefficient (Wildman–Crippen LogP) is 2.03. The molecule has 1 aliphatic rings. The Morgan fingerprint density at radius 1 is 1.34 bits per heavy atom. The number of ether oxygens (including phenoxy) is 2. The van der Waals surface area contributed by atoms with Crippen LogP contribution in [0.5, 0.6) is 5.75 Å². The highest BCUT2D eigenvalue weighted by atomic mass is 32.2. The molecule has 1 fully saturated rings. The van der Waals surface area contributed by atoms with Gasteiger partial charge in [-0.1, -0.05) is 6.07 Å². The van der Waals surface area contributed by atoms with Crippen LogP contribution in [-0.4, -0.2) is 40.7 Å². The lowest BCUT2D eigenvalue weighted by molar-refractivity contribution is 0.102. The molecule has 0 spiro atoms. The van der Waals surface area contributed by atoms with Gasteiger partial charge in [-0.25, -0.2) is 17.5 Å². The van der Waals surface area contributed by atoms with Gasteiger partial charge in [0.1, 0.15) is 11.8 Å². The molecule has 2 aromatic rings. The monoisotopic (exact) mass is 419 g/mol. The molecule has 1 aliphatic heterocycles. The van der Waals surface area contributed by atoms with Crippen molar-refractivity contribution in [3.8, 4) is 11.8 Å². The maximum atomic E-state index is 14.2. The summed E-state index contributed by atoms with van der Waals surface area (Å²) in [4.78, 5) is 12.6. The van der Waals surface area contributed by atoms with E-state index in [1.165, 1.54) is 37.4 Å². The summed E-state index contributed by atoms with van der Waals surface area (Å²) < 4.78 is 52.3. The van der Waals surface area contributed by atoms with Crippen LogP contribution in [0.3, 0.4) is 0 Å². The highest BCUT2D eigenvalue weighted by Gasteiger charge is 2.25. The fourth-order valence-corrected chi connectivity index (χ4v) is 4.13. The van der Waals surface area contributed by atoms with Crippen molar-refractivity contribution in [2.45, 2.75) is 17.4 Å². The van der Waals surface area contributed by atoms with Crippen molar-refractivity contribution in [2.24, 2.45) is 0 Å². The molecule has 0 aliphatic carbocycles. The van der Waals surface area contributed by atoms with Crippen LogP contribution in [0.1, 0.15) is 22.3 Å². The van der Waals surface area contributed by atoms with Crippen molar-refractivity contribution in [1.29, 1.82) is 5.26 Å². The Morgan fingerprint density at radius 2 is 2.14 bits per heavy atom. The van der Waals surface area contributed by atoms with E-state index in [9.17, 15) is 17.6 Å². The minimum atomic E-state index is -3.90. The number of nitrogens with one attached hydrogen (secondary N) is 2. The number of nitrogens with zero attached hydrogens (tertiary/aromatic N) is 1. The van der Waals surface area contributed by atoms with Crippen LogP contribution in [-0.2, 0) is 14.8 Å². The maximum Gasteiger partial charge on any atom is 0.259 e. The van der Waals surface area contributed by atoms with E-state index in [4.69, 9.17) is 14.7 Å². The molecular formula is C19H18FN3O5S. The zero-order valence-corrected chi connectivity index (χ0v) is 16.3. The molecule has 2 aromatic carbocycles. The highest BCUT2D eigenvalue weighted by Crippen LogP contribution is 2.25. The third-order valence-electron chi connectivity index (χ3n) is 4.34. The van der Waals surface area contributed by atoms with E-state index in [0.717, 1.165) is 6.07 Å². The number of hydrogen-bond acceptors (Lipinski definition) is 6. The van der Waals surface area contributed by atoms with Crippen molar-refractivity contribution >= 4 is 21.6 Å². The van der Waals surface area contributed by atoms with E-state index >= 15 is 0 Å². The first-order valence-electron chi connectivity index (χ1n) is 8.64. The molecule has 1 heterocycles. The van der Waals surface area contributed by atoms with Crippen molar-refractivity contribution in [1.82, 2.24) is 4.72 Å². The summed E-state index contributed by atoms with van der Waals surface area (Å²) in [5, 5.41) is 11.3. The van der Waals surface area contributed by atoms with Gasteiger partial charge in [0.2, 0.25) is 10.0 Å². The second kappa shape index (κ2) is 8.57. The van der Waals surface area contributed by atoms with Crippen LogP contribution >= 0.6 is 0 Å². The molecule has 2 N–H and O–H groups in total. The molecule has 29 heavy (non-hydrogen) atoms. The van der Waals surface area contributed by atoms with Gasteiger partial charge in [0.15, 0.2) is 5.82 Å². The van der Waals surface area contributed by atoms with Crippen molar-refractivity contribution in [3.63, 3.8) is 0 Å². The summed E-state index contributed by atoms with van der Waals surface area (Å²) in [5.74, 6) is -1.55. The van der Waals surface area contributed by atoms with E-state index in [1.54, 1.807) is 6.07 Å². The summed E-state index contributed by atoms with van der Waals surface area (Å²) in [7, 11) is -2.57. The molecule has 1 saturated heterocycles. The number of carbonyl (C=O) groups is 1. The van der Waals surface area contributed by atoms with E-state index in [-0.39, 0.29) is 40.1 Å². The van der Waals surface area contributed by atoms with Crippen molar-refractivity contribution in [2.75, 3.05) is 25.6 Å². The first-order valence-corrected chi connectivity index (χ1v) is 10.1. The van der Waals surface area contributed by atoms with Gasteiger partial charge in [-0.05, 0) is 36.8 Å². The quantitative estimate of drug-likeness (QED) is 0.740. The molecule has 1 amide bonds. The first-order chi connectivity index (χ1) is 13.9. The summed E-state index contributed by atoms with van der Waals surface area (Å²) in [5.41, 5.74) is -0.528. The van der Waals surface area contributed by atoms with E-state index in [0.29, 0.717) is 13.0 Å². The first kappa shape index (κ1) is 20.7. The summed E-state index contributed by atoms with van der Waals surface area (Å²) >= 11 is 0. The van der Waals surface area contributed by atoms with Gasteiger partial charge < -0.3 is 14.8 Å². The molecular weight excluding hydrogens is 401 g/mol. The number of halogens is 1. The van der Waals surface area contributed by atoms with Crippen molar-refractivity contribution in [3.05, 3.63) is 53.3 Å². The predicted molar refractivity (Wildman–Crippen MR) is 102 cm³/mol. The van der Waals surface area contributed by atoms with Crippen LogP contribution in [0, 0.1) is 17.1 Å². The normalized spacial score (nSPS) is 16.2. The minimum absolute atomic E-state index is 0.0974. The Hall–Kier alpha value is -3.00. The highest BCUT2D eigenvalue weighted by molar-refractivity contribution is 7.89. The molecule has 152 valence electrons. The van der Waals surface area contributed by atoms with Gasteiger partial charge in [-0.2, -0.15) is 5.26 Å². The Kier molecular flexibility index (Phi) is 6.12. The average Bonchev–Trinajstić information content (AvgIpc) is 3.21. The molecule has 1 atom stereocenters. The molecule has 0 aromatic heterocycles. The minimum Gasteiger partial charge on any atom is -0.496 e. The zero-order chi connectivity index (χ0) is 21.0. The lowest BCUT2D eigenvalue weighted by Gasteiger charge is -2.14. The average molecular weight is 419 g/mol. The molecule has 0 unspecified atom stereocenters. The molecule has 3 rings (SSSR count). The molecule has 0 saturated carbocycles. The molecule has 0 bridgehead atoms. The number of benzene rings is 2. The summed E-state index contributed by atoms with van der Waals surface area (Å²) in [6, 6.07) is 9.13. The zero-order valence-electron chi connectivity index (χ0n) is 15.4. The van der Waals surface area contributed by atoms with Crippen LogP contribution in [0.4, 0.5) is 10.1 Å². The fourth-order valence-electron chi connectivity index (χ4n) is 2.85. The number of amides is 1. The number of sulfonamides is 1. The van der Waals surface area contributed by atoms with Crippen molar-refractivity contribution < 1.29 is 27.1 Å². The third kappa shape index (κ3) is 4.54. The number of anilines is 1. The van der Waals surface area contributed by atoms with E-state index < -0.39 is 21.7 Å². The number of methoxy groups -OCH3 is 1. The van der Waals surface area contributed by atoms with Gasteiger partial charge in [0, 0.05) is 12.6 Å². The molecule has 10 heteroatoms. The Morgan fingerprint density at radius 3 is 2.79 bits per heavy atom. The summed E-state index contributed by atoms with van der Waals surface area (Å²) in [6.07, 6.45) is 0.553. The molecule has 0 radical (unpaired) electrons. The molecule has 8 nitrogen and oxygen atoms in total. The second-order valence-electron chi connectivity index (χ2n) is 6.28. The topological polar surface area (TPSA) is 118 Å². The maximum absolute atomic E-state index is 14.2. The van der Waals surface area contributed by atoms with Gasteiger partial charge in [-0.3, -0.25) is 4.79 Å². The number of carbonyl (C=O) groups excluding carboxylic acids is 1. The Balaban J connectivity index is 1.91. The van der Waals surface area contributed by atoms with Crippen LogP contribution in [0.25, 0.3) is 0 Å². The van der Waals surface area contributed by atoms with Crippen LogP contribution < -0.4 is 14.8 Å². The smallest absolute Gasteiger partial charge is 0.259 e. The van der Waals surface area contributed by atoms with Gasteiger partial charge in [0.25, 0.3) is 5.91 Å².